The third kappa shape index (κ3) is 4.87. The summed E-state index contributed by atoms with van der Waals surface area (Å²) >= 11 is 1.20. The molecule has 0 unspecified atom stereocenters. The molecule has 3 aromatic carbocycles. The first-order valence-corrected chi connectivity index (χ1v) is 10.7. The van der Waals surface area contributed by atoms with Gasteiger partial charge in [0.15, 0.2) is 5.78 Å². The molecule has 0 aliphatic rings. The highest BCUT2D eigenvalue weighted by Gasteiger charge is 2.16. The highest BCUT2D eigenvalue weighted by Crippen LogP contribution is 2.31. The third-order valence-electron chi connectivity index (χ3n) is 4.69. The van der Waals surface area contributed by atoms with Crippen molar-refractivity contribution in [3.63, 3.8) is 0 Å². The first kappa shape index (κ1) is 21.3. The number of thioether (sulfide) groups is 1. The van der Waals surface area contributed by atoms with Crippen LogP contribution in [-0.4, -0.2) is 44.0 Å². The van der Waals surface area contributed by atoms with E-state index in [1.54, 1.807) is 79.9 Å². The van der Waals surface area contributed by atoms with E-state index in [1.807, 2.05) is 0 Å². The minimum atomic E-state index is -0.0601. The Balaban J connectivity index is 1.61. The molecule has 0 radical (unpaired) electrons. The van der Waals surface area contributed by atoms with Crippen LogP contribution in [0.4, 0.5) is 0 Å². The van der Waals surface area contributed by atoms with E-state index < -0.39 is 0 Å². The van der Waals surface area contributed by atoms with Gasteiger partial charge in [-0.1, -0.05) is 11.8 Å². The molecule has 0 amide bonds. The summed E-state index contributed by atoms with van der Waals surface area (Å²) in [6, 6.07) is 20.1. The SMILES string of the molecule is COc1ccc(C(=O)CSc2nnc(-c3ccc(O)cc3)c(-c3ccc(O)cc3)n2)cc1. The quantitative estimate of drug-likeness (QED) is 0.314. The van der Waals surface area contributed by atoms with E-state index in [1.165, 1.54) is 11.8 Å². The lowest BCUT2D eigenvalue weighted by Gasteiger charge is -2.10. The maximum absolute atomic E-state index is 12.5. The fraction of sp³-hybridized carbons (Fsp3) is 0.0833. The van der Waals surface area contributed by atoms with Crippen LogP contribution in [0.25, 0.3) is 22.5 Å². The van der Waals surface area contributed by atoms with Gasteiger partial charge in [0.1, 0.15) is 28.6 Å². The van der Waals surface area contributed by atoms with Gasteiger partial charge in [-0.15, -0.1) is 10.2 Å². The van der Waals surface area contributed by atoms with Gasteiger partial charge >= 0.3 is 0 Å². The van der Waals surface area contributed by atoms with Gasteiger partial charge in [0.2, 0.25) is 5.16 Å². The monoisotopic (exact) mass is 445 g/mol. The molecule has 4 rings (SSSR count). The Labute approximate surface area is 188 Å². The van der Waals surface area contributed by atoms with Crippen LogP contribution in [0, 0.1) is 0 Å². The first-order valence-electron chi connectivity index (χ1n) is 9.67. The number of benzene rings is 3. The van der Waals surface area contributed by atoms with Crippen LogP contribution < -0.4 is 4.74 Å². The Kier molecular flexibility index (Phi) is 6.32. The van der Waals surface area contributed by atoms with Crippen LogP contribution in [0.1, 0.15) is 10.4 Å². The molecule has 160 valence electrons. The summed E-state index contributed by atoms with van der Waals surface area (Å²) in [4.78, 5) is 17.2. The molecule has 0 bridgehead atoms. The van der Waals surface area contributed by atoms with Crippen LogP contribution in [0.3, 0.4) is 0 Å². The first-order chi connectivity index (χ1) is 15.5. The highest BCUT2D eigenvalue weighted by atomic mass is 32.2. The highest BCUT2D eigenvalue weighted by molar-refractivity contribution is 7.99. The number of carbonyl (C=O) groups is 1. The van der Waals surface area contributed by atoms with Crippen molar-refractivity contribution >= 4 is 17.5 Å². The average molecular weight is 446 g/mol. The number of ketones is 1. The lowest BCUT2D eigenvalue weighted by atomic mass is 10.0. The number of Topliss-reactive ketones (excluding diaryl/α,β-unsaturated/α-hetero) is 1. The Morgan fingerprint density at radius 3 is 1.94 bits per heavy atom. The van der Waals surface area contributed by atoms with Crippen LogP contribution >= 0.6 is 11.8 Å². The number of phenolic OH excluding ortho intramolecular Hbond substituents is 2. The second-order valence-electron chi connectivity index (χ2n) is 6.83. The van der Waals surface area contributed by atoms with Crippen molar-refractivity contribution in [3.05, 3.63) is 78.4 Å². The molecule has 0 spiro atoms. The third-order valence-corrected chi connectivity index (χ3v) is 5.53. The van der Waals surface area contributed by atoms with Gasteiger partial charge < -0.3 is 14.9 Å². The topological polar surface area (TPSA) is 105 Å². The van der Waals surface area contributed by atoms with Crippen molar-refractivity contribution in [1.82, 2.24) is 15.2 Å². The molecule has 2 N–H and O–H groups in total. The van der Waals surface area contributed by atoms with Gasteiger partial charge in [-0.25, -0.2) is 4.98 Å². The Bertz CT molecular complexity index is 1230. The van der Waals surface area contributed by atoms with Crippen molar-refractivity contribution in [1.29, 1.82) is 0 Å². The van der Waals surface area contributed by atoms with E-state index >= 15 is 0 Å². The number of methoxy groups -OCH3 is 1. The van der Waals surface area contributed by atoms with Gasteiger partial charge in [0, 0.05) is 16.7 Å². The van der Waals surface area contributed by atoms with Crippen molar-refractivity contribution < 1.29 is 19.7 Å². The average Bonchev–Trinajstić information content (AvgIpc) is 2.83. The number of aromatic nitrogens is 3. The molecule has 0 fully saturated rings. The molecule has 0 aliphatic carbocycles. The van der Waals surface area contributed by atoms with Gasteiger partial charge in [-0.05, 0) is 72.8 Å². The van der Waals surface area contributed by atoms with Crippen LogP contribution in [0.15, 0.2) is 78.0 Å². The molecule has 1 heterocycles. The van der Waals surface area contributed by atoms with Crippen molar-refractivity contribution in [2.45, 2.75) is 5.16 Å². The van der Waals surface area contributed by atoms with E-state index in [4.69, 9.17) is 4.74 Å². The van der Waals surface area contributed by atoms with Crippen LogP contribution in [0.2, 0.25) is 0 Å². The number of rotatable bonds is 7. The maximum atomic E-state index is 12.5. The fourth-order valence-electron chi connectivity index (χ4n) is 3.00. The molecular formula is C24H19N3O4S. The zero-order chi connectivity index (χ0) is 22.5. The number of hydrogen-bond acceptors (Lipinski definition) is 8. The molecule has 7 nitrogen and oxygen atoms in total. The molecule has 1 aromatic heterocycles. The Hall–Kier alpha value is -3.91. The van der Waals surface area contributed by atoms with Crippen LogP contribution in [0.5, 0.6) is 17.2 Å². The van der Waals surface area contributed by atoms with Gasteiger partial charge in [0.05, 0.1) is 12.9 Å². The molecule has 32 heavy (non-hydrogen) atoms. The molecule has 0 atom stereocenters. The van der Waals surface area contributed by atoms with Gasteiger partial charge in [-0.2, -0.15) is 0 Å². The minimum absolute atomic E-state index is 0.0601. The Morgan fingerprint density at radius 1 is 0.812 bits per heavy atom. The molecular weight excluding hydrogens is 426 g/mol. The number of aromatic hydroxyl groups is 2. The number of nitrogens with zero attached hydrogens (tertiary/aromatic N) is 3. The summed E-state index contributed by atoms with van der Waals surface area (Å²) in [5.74, 6) is 1.06. The van der Waals surface area contributed by atoms with Gasteiger partial charge in [-0.3, -0.25) is 4.79 Å². The summed E-state index contributed by atoms with van der Waals surface area (Å²) in [6.07, 6.45) is 0. The minimum Gasteiger partial charge on any atom is -0.508 e. The molecule has 0 saturated heterocycles. The normalized spacial score (nSPS) is 10.7. The van der Waals surface area contributed by atoms with Gasteiger partial charge in [0.25, 0.3) is 0 Å². The standard InChI is InChI=1S/C24H19N3O4S/c1-31-20-12-6-15(7-13-20)21(30)14-32-24-25-22(16-2-8-18(28)9-3-16)23(26-27-24)17-4-10-19(29)11-5-17/h2-13,28-29H,14H2,1H3. The van der Waals surface area contributed by atoms with Crippen LogP contribution in [-0.2, 0) is 0 Å². The van der Waals surface area contributed by atoms with Crippen molar-refractivity contribution in [3.8, 4) is 39.8 Å². The summed E-state index contributed by atoms with van der Waals surface area (Å²) in [7, 11) is 1.57. The van der Waals surface area contributed by atoms with E-state index in [0.29, 0.717) is 27.9 Å². The molecule has 0 saturated carbocycles. The molecule has 8 heteroatoms. The molecule has 4 aromatic rings. The van der Waals surface area contributed by atoms with E-state index in [9.17, 15) is 15.0 Å². The Morgan fingerprint density at radius 2 is 1.38 bits per heavy atom. The van der Waals surface area contributed by atoms with Crippen molar-refractivity contribution in [2.24, 2.45) is 0 Å². The van der Waals surface area contributed by atoms with Crippen molar-refractivity contribution in [2.75, 3.05) is 12.9 Å². The van der Waals surface area contributed by atoms with E-state index in [0.717, 1.165) is 11.1 Å². The summed E-state index contributed by atoms with van der Waals surface area (Å²) < 4.78 is 5.12. The zero-order valence-corrected chi connectivity index (χ0v) is 17.9. The lowest BCUT2D eigenvalue weighted by molar-refractivity contribution is 0.102. The number of carbonyl (C=O) groups excluding carboxylic acids is 1. The number of phenols is 2. The second-order valence-corrected chi connectivity index (χ2v) is 7.77. The smallest absolute Gasteiger partial charge is 0.210 e. The zero-order valence-electron chi connectivity index (χ0n) is 17.1. The molecule has 0 aliphatic heterocycles. The maximum Gasteiger partial charge on any atom is 0.210 e. The largest absolute Gasteiger partial charge is 0.508 e. The fourth-order valence-corrected chi connectivity index (χ4v) is 3.68. The number of ether oxygens (including phenoxy) is 1. The predicted octanol–water partition coefficient (Wildman–Crippen LogP) is 4.60. The number of hydrogen-bond donors (Lipinski definition) is 2. The van der Waals surface area contributed by atoms with E-state index in [-0.39, 0.29) is 23.0 Å². The lowest BCUT2D eigenvalue weighted by Crippen LogP contribution is -2.05. The van der Waals surface area contributed by atoms with E-state index in [2.05, 4.69) is 15.2 Å². The summed E-state index contributed by atoms with van der Waals surface area (Å²) in [5, 5.41) is 28.1. The summed E-state index contributed by atoms with van der Waals surface area (Å²) in [6.45, 7) is 0. The summed E-state index contributed by atoms with van der Waals surface area (Å²) in [5.41, 5.74) is 3.14. The second kappa shape index (κ2) is 9.49. The predicted molar refractivity (Wildman–Crippen MR) is 122 cm³/mol.